The number of amides is 2. The highest BCUT2D eigenvalue weighted by atomic mass is 31.1. The third kappa shape index (κ3) is 7.61. The molecule has 0 aliphatic carbocycles. The molecule has 0 aliphatic heterocycles. The summed E-state index contributed by atoms with van der Waals surface area (Å²) in [6.45, 7) is 2.95. The van der Waals surface area contributed by atoms with Gasteiger partial charge in [-0.2, -0.15) is 4.89 Å². The van der Waals surface area contributed by atoms with Gasteiger partial charge in [0.1, 0.15) is 12.3 Å². The second kappa shape index (κ2) is 8.68. The molecule has 19 heavy (non-hydrogen) atoms. The quantitative estimate of drug-likeness (QED) is 0.322. The van der Waals surface area contributed by atoms with Crippen LogP contribution in [-0.2, 0) is 18.9 Å². The van der Waals surface area contributed by atoms with E-state index in [9.17, 15) is 18.9 Å². The topological polar surface area (TPSA) is 139 Å². The smallest absolute Gasteiger partial charge is 0.345 e. The Bertz CT molecular complexity index is 363. The summed E-state index contributed by atoms with van der Waals surface area (Å²) < 4.78 is 10.5. The molecule has 0 rings (SSSR count). The molecule has 0 aromatic heterocycles. The molecule has 4 atom stereocenters. The molecule has 0 bridgehead atoms. The van der Waals surface area contributed by atoms with Crippen LogP contribution in [0.2, 0.25) is 0 Å². The van der Waals surface area contributed by atoms with Crippen molar-refractivity contribution in [1.82, 2.24) is 10.6 Å². The Morgan fingerprint density at radius 1 is 1.32 bits per heavy atom. The Kier molecular flexibility index (Phi) is 8.06. The molecule has 2 amide bonds. The van der Waals surface area contributed by atoms with E-state index in [4.69, 9.17) is 10.6 Å². The number of carbonyl (C=O) groups is 3. The van der Waals surface area contributed by atoms with Crippen molar-refractivity contribution in [1.29, 1.82) is 0 Å². The van der Waals surface area contributed by atoms with Crippen molar-refractivity contribution >= 4 is 26.1 Å². The Hall–Kier alpha value is -1.37. The van der Waals surface area contributed by atoms with Crippen LogP contribution in [0.25, 0.3) is 0 Å². The number of nitrogens with one attached hydrogen (secondary N) is 2. The van der Waals surface area contributed by atoms with Gasteiger partial charge in [-0.15, -0.1) is 0 Å². The van der Waals surface area contributed by atoms with E-state index in [2.05, 4.69) is 10.6 Å². The number of rotatable bonds is 8. The van der Waals surface area contributed by atoms with E-state index in [1.807, 2.05) is 0 Å². The molecule has 0 heterocycles. The highest BCUT2D eigenvalue weighted by Gasteiger charge is 2.23. The van der Waals surface area contributed by atoms with Gasteiger partial charge in [-0.25, -0.2) is 0 Å². The fourth-order valence-corrected chi connectivity index (χ4v) is 1.65. The molecule has 0 fully saturated rings. The van der Waals surface area contributed by atoms with Crippen molar-refractivity contribution in [2.24, 2.45) is 5.73 Å². The van der Waals surface area contributed by atoms with Crippen molar-refractivity contribution in [3.05, 3.63) is 0 Å². The fraction of sp³-hybridized carbons (Fsp3) is 0.700. The van der Waals surface area contributed by atoms with Crippen LogP contribution in [0.3, 0.4) is 0 Å². The van der Waals surface area contributed by atoms with Crippen LogP contribution in [-0.4, -0.2) is 47.3 Å². The lowest BCUT2D eigenvalue weighted by molar-refractivity contribution is -0.130. The maximum absolute atomic E-state index is 11.6. The average molecular weight is 292 g/mol. The predicted molar refractivity (Wildman–Crippen MR) is 68.6 cm³/mol. The predicted octanol–water partition coefficient (Wildman–Crippen LogP) is -1.35. The van der Waals surface area contributed by atoms with Crippen LogP contribution in [0, 0.1) is 0 Å². The van der Waals surface area contributed by atoms with Gasteiger partial charge in [0, 0.05) is 6.42 Å². The van der Waals surface area contributed by atoms with Crippen LogP contribution in [0.4, 0.5) is 0 Å². The Labute approximate surface area is 112 Å². The van der Waals surface area contributed by atoms with Crippen LogP contribution in [0.15, 0.2) is 0 Å². The minimum absolute atomic E-state index is 0.0522. The van der Waals surface area contributed by atoms with Gasteiger partial charge < -0.3 is 21.2 Å². The molecule has 0 aliphatic rings. The summed E-state index contributed by atoms with van der Waals surface area (Å²) in [7, 11) is -2.33. The second-order valence-corrected chi connectivity index (χ2v) is 5.29. The molecule has 0 saturated carbocycles. The van der Waals surface area contributed by atoms with Gasteiger partial charge >= 0.3 is 8.03 Å². The van der Waals surface area contributed by atoms with E-state index in [0.717, 1.165) is 0 Å². The Morgan fingerprint density at radius 2 is 1.89 bits per heavy atom. The molecule has 0 saturated heterocycles. The maximum Gasteiger partial charge on any atom is 0.505 e. The number of nitrogens with two attached hydrogens (primary N) is 1. The molecule has 0 aromatic rings. The van der Waals surface area contributed by atoms with E-state index in [1.165, 1.54) is 13.8 Å². The third-order valence-electron chi connectivity index (χ3n) is 2.29. The average Bonchev–Trinajstić information content (AvgIpc) is 2.35. The van der Waals surface area contributed by atoms with Crippen LogP contribution in [0.5, 0.6) is 0 Å². The lowest BCUT2D eigenvalue weighted by Gasteiger charge is -2.17. The van der Waals surface area contributed by atoms with Gasteiger partial charge in [0.25, 0.3) is 0 Å². The van der Waals surface area contributed by atoms with Gasteiger partial charge in [-0.1, -0.05) is 0 Å². The number of aldehydes is 1. The lowest BCUT2D eigenvalue weighted by Crippen LogP contribution is -2.51. The number of hydrogen-bond donors (Lipinski definition) is 4. The van der Waals surface area contributed by atoms with E-state index in [0.29, 0.717) is 6.29 Å². The normalized spacial score (nSPS) is 15.9. The summed E-state index contributed by atoms with van der Waals surface area (Å²) in [6, 6.07) is -2.44. The van der Waals surface area contributed by atoms with Gasteiger partial charge in [-0.3, -0.25) is 9.59 Å². The van der Waals surface area contributed by atoms with Crippen molar-refractivity contribution in [3.8, 4) is 0 Å². The number of carbonyl (C=O) groups excluding carboxylic acids is 3. The minimum Gasteiger partial charge on any atom is -0.345 e. The molecule has 0 spiro atoms. The molecular formula is C10H19N3O5P+. The van der Waals surface area contributed by atoms with Crippen LogP contribution < -0.4 is 16.4 Å². The first kappa shape index (κ1) is 17.6. The zero-order valence-corrected chi connectivity index (χ0v) is 11.7. The summed E-state index contributed by atoms with van der Waals surface area (Å²) in [5.41, 5.74) is 5.50. The SMILES string of the molecule is CC(NC(=O)C(N)CC[P+](=O)O)C(=O)N[C@@H](C)C=O. The van der Waals surface area contributed by atoms with Crippen molar-refractivity contribution in [2.45, 2.75) is 38.4 Å². The summed E-state index contributed by atoms with van der Waals surface area (Å²) in [5, 5.41) is 4.74. The minimum atomic E-state index is -2.33. The summed E-state index contributed by atoms with van der Waals surface area (Å²) in [4.78, 5) is 42.1. The molecule has 3 unspecified atom stereocenters. The molecule has 8 nitrogen and oxygen atoms in total. The molecule has 9 heteroatoms. The molecule has 0 aromatic carbocycles. The number of hydrogen-bond acceptors (Lipinski definition) is 5. The monoisotopic (exact) mass is 292 g/mol. The van der Waals surface area contributed by atoms with E-state index in [1.54, 1.807) is 0 Å². The maximum atomic E-state index is 11.6. The first-order valence-corrected chi connectivity index (χ1v) is 7.12. The zero-order chi connectivity index (χ0) is 15.0. The second-order valence-electron chi connectivity index (χ2n) is 4.13. The zero-order valence-electron chi connectivity index (χ0n) is 10.8. The highest BCUT2D eigenvalue weighted by Crippen LogP contribution is 2.14. The largest absolute Gasteiger partial charge is 0.505 e. The molecular weight excluding hydrogens is 273 g/mol. The lowest BCUT2D eigenvalue weighted by atomic mass is 10.2. The summed E-state index contributed by atoms with van der Waals surface area (Å²) >= 11 is 0. The van der Waals surface area contributed by atoms with Crippen molar-refractivity contribution in [2.75, 3.05) is 6.16 Å². The first-order chi connectivity index (χ1) is 8.77. The first-order valence-electron chi connectivity index (χ1n) is 5.73. The molecule has 0 radical (unpaired) electrons. The summed E-state index contributed by atoms with van der Waals surface area (Å²) in [5.74, 6) is -1.09. The Balaban J connectivity index is 4.20. The van der Waals surface area contributed by atoms with Crippen molar-refractivity contribution < 1.29 is 23.8 Å². The van der Waals surface area contributed by atoms with Gasteiger partial charge in [-0.05, 0) is 18.4 Å². The van der Waals surface area contributed by atoms with E-state index < -0.39 is 38.0 Å². The van der Waals surface area contributed by atoms with Gasteiger partial charge in [0.05, 0.1) is 12.1 Å². The van der Waals surface area contributed by atoms with Crippen LogP contribution in [0.1, 0.15) is 20.3 Å². The molecule has 5 N–H and O–H groups in total. The highest BCUT2D eigenvalue weighted by molar-refractivity contribution is 7.37. The fourth-order valence-electron chi connectivity index (χ4n) is 1.15. The third-order valence-corrected chi connectivity index (χ3v) is 2.94. The van der Waals surface area contributed by atoms with Gasteiger partial charge in [0.15, 0.2) is 6.16 Å². The van der Waals surface area contributed by atoms with Crippen molar-refractivity contribution in [3.63, 3.8) is 0 Å². The van der Waals surface area contributed by atoms with Crippen LogP contribution >= 0.6 is 8.03 Å². The van der Waals surface area contributed by atoms with E-state index in [-0.39, 0.29) is 12.6 Å². The molecule has 108 valence electrons. The summed E-state index contributed by atoms with van der Waals surface area (Å²) in [6.07, 6.45) is 0.541. The Morgan fingerprint density at radius 3 is 2.37 bits per heavy atom. The standard InChI is InChI=1S/C10H18N3O5P/c1-6(5-14)12-9(15)7(2)13-10(16)8(11)3-4-19(17)18/h5-8H,3-4,11H2,1-2H3,(H2-,12,13,15,16,17,18)/p+1/t6-,7?,8?/m0/s1. The van der Waals surface area contributed by atoms with Gasteiger partial charge in [0.2, 0.25) is 11.8 Å². The van der Waals surface area contributed by atoms with E-state index >= 15 is 0 Å².